The largest absolute Gasteiger partial charge is 0.472 e. The maximum atomic E-state index is 5.66. The molecule has 0 aliphatic rings. The van der Waals surface area contributed by atoms with Crippen molar-refractivity contribution in [3.8, 4) is 5.88 Å². The molecule has 0 spiro atoms. The highest BCUT2D eigenvalue weighted by Gasteiger charge is 2.07. The van der Waals surface area contributed by atoms with E-state index in [0.29, 0.717) is 11.6 Å². The summed E-state index contributed by atoms with van der Waals surface area (Å²) in [5.74, 6) is 0.534. The number of ether oxygens (including phenoxy) is 1. The average molecular weight is 169 g/mol. The molecular formula is C8H15N3O. The molecule has 0 radical (unpaired) electrons. The first-order chi connectivity index (χ1) is 5.63. The number of nitrogens with two attached hydrogens (primary N) is 1. The van der Waals surface area contributed by atoms with Crippen LogP contribution in [0.25, 0.3) is 0 Å². The molecule has 1 heterocycles. The van der Waals surface area contributed by atoms with Crippen molar-refractivity contribution in [1.29, 1.82) is 0 Å². The summed E-state index contributed by atoms with van der Waals surface area (Å²) in [6, 6.07) is 0. The molecule has 12 heavy (non-hydrogen) atoms. The van der Waals surface area contributed by atoms with Gasteiger partial charge in [-0.05, 0) is 20.8 Å². The van der Waals surface area contributed by atoms with Gasteiger partial charge in [0.25, 0.3) is 5.88 Å². The van der Waals surface area contributed by atoms with Crippen LogP contribution in [-0.2, 0) is 6.54 Å². The summed E-state index contributed by atoms with van der Waals surface area (Å²) >= 11 is 0. The monoisotopic (exact) mass is 169 g/mol. The van der Waals surface area contributed by atoms with Crippen molar-refractivity contribution < 1.29 is 4.74 Å². The van der Waals surface area contributed by atoms with Crippen LogP contribution in [-0.4, -0.2) is 15.9 Å². The zero-order valence-electron chi connectivity index (χ0n) is 7.74. The predicted molar refractivity (Wildman–Crippen MR) is 48.1 cm³/mol. The number of hydrogen-bond acceptors (Lipinski definition) is 3. The van der Waals surface area contributed by atoms with Crippen molar-refractivity contribution in [2.45, 2.75) is 33.4 Å². The summed E-state index contributed by atoms with van der Waals surface area (Å²) in [7, 11) is 0. The van der Waals surface area contributed by atoms with E-state index >= 15 is 0 Å². The van der Waals surface area contributed by atoms with E-state index < -0.39 is 0 Å². The summed E-state index contributed by atoms with van der Waals surface area (Å²) in [6.45, 7) is 6.71. The Morgan fingerprint density at radius 1 is 1.67 bits per heavy atom. The van der Waals surface area contributed by atoms with Crippen LogP contribution in [0.3, 0.4) is 0 Å². The lowest BCUT2D eigenvalue weighted by Gasteiger charge is -2.05. The quantitative estimate of drug-likeness (QED) is 0.741. The van der Waals surface area contributed by atoms with E-state index in [-0.39, 0.29) is 6.10 Å². The smallest absolute Gasteiger partial charge is 0.256 e. The van der Waals surface area contributed by atoms with Crippen LogP contribution in [0, 0.1) is 0 Å². The first-order valence-corrected chi connectivity index (χ1v) is 4.13. The van der Waals surface area contributed by atoms with Crippen molar-refractivity contribution in [1.82, 2.24) is 9.78 Å². The van der Waals surface area contributed by atoms with Gasteiger partial charge in [0.05, 0.1) is 12.3 Å². The normalized spacial score (nSPS) is 10.7. The number of aryl methyl sites for hydroxylation is 1. The third kappa shape index (κ3) is 1.90. The maximum Gasteiger partial charge on any atom is 0.256 e. The highest BCUT2D eigenvalue weighted by molar-refractivity contribution is 5.45. The molecular weight excluding hydrogens is 154 g/mol. The van der Waals surface area contributed by atoms with Crippen LogP contribution in [0.4, 0.5) is 5.69 Å². The topological polar surface area (TPSA) is 53.1 Å². The van der Waals surface area contributed by atoms with E-state index in [0.717, 1.165) is 6.54 Å². The highest BCUT2D eigenvalue weighted by atomic mass is 16.5. The van der Waals surface area contributed by atoms with Crippen LogP contribution in [0.15, 0.2) is 6.20 Å². The Morgan fingerprint density at radius 2 is 2.33 bits per heavy atom. The van der Waals surface area contributed by atoms with Crippen molar-refractivity contribution in [3.63, 3.8) is 0 Å². The Kier molecular flexibility index (Phi) is 2.58. The number of anilines is 1. The Bertz CT molecular complexity index is 255. The molecule has 0 unspecified atom stereocenters. The molecule has 4 nitrogen and oxygen atoms in total. The van der Waals surface area contributed by atoms with Crippen molar-refractivity contribution in [2.75, 3.05) is 5.73 Å². The van der Waals surface area contributed by atoms with Gasteiger partial charge in [-0.2, -0.15) is 0 Å². The summed E-state index contributed by atoms with van der Waals surface area (Å²) in [6.07, 6.45) is 1.89. The first kappa shape index (κ1) is 8.90. The van der Waals surface area contributed by atoms with Gasteiger partial charge in [-0.1, -0.05) is 0 Å². The fraction of sp³-hybridized carbons (Fsp3) is 0.625. The van der Waals surface area contributed by atoms with Crippen LogP contribution in [0.5, 0.6) is 5.88 Å². The fourth-order valence-corrected chi connectivity index (χ4v) is 0.896. The van der Waals surface area contributed by atoms with E-state index in [2.05, 4.69) is 5.10 Å². The molecule has 0 atom stereocenters. The zero-order chi connectivity index (χ0) is 9.14. The summed E-state index contributed by atoms with van der Waals surface area (Å²) in [5.41, 5.74) is 6.26. The van der Waals surface area contributed by atoms with Gasteiger partial charge in [0.2, 0.25) is 0 Å². The highest BCUT2D eigenvalue weighted by Crippen LogP contribution is 2.18. The van der Waals surface area contributed by atoms with Crippen molar-refractivity contribution >= 4 is 5.69 Å². The molecule has 1 aromatic rings. The number of nitrogens with zero attached hydrogens (tertiary/aromatic N) is 2. The summed E-state index contributed by atoms with van der Waals surface area (Å²) in [4.78, 5) is 0. The Labute approximate surface area is 72.3 Å². The van der Waals surface area contributed by atoms with Crippen molar-refractivity contribution in [3.05, 3.63) is 6.20 Å². The SMILES string of the molecule is CCn1cc(N)c(OC(C)C)n1. The molecule has 1 rings (SSSR count). The second-order valence-electron chi connectivity index (χ2n) is 2.91. The molecule has 0 aliphatic heterocycles. The lowest BCUT2D eigenvalue weighted by Crippen LogP contribution is -2.07. The summed E-state index contributed by atoms with van der Waals surface area (Å²) < 4.78 is 7.13. The summed E-state index contributed by atoms with van der Waals surface area (Å²) in [5, 5.41) is 4.14. The van der Waals surface area contributed by atoms with E-state index in [9.17, 15) is 0 Å². The number of nitrogen functional groups attached to an aromatic ring is 1. The first-order valence-electron chi connectivity index (χ1n) is 4.13. The average Bonchev–Trinajstić information content (AvgIpc) is 2.31. The molecule has 0 saturated carbocycles. The number of hydrogen-bond donors (Lipinski definition) is 1. The third-order valence-corrected chi connectivity index (χ3v) is 1.43. The number of aromatic nitrogens is 2. The van der Waals surface area contributed by atoms with Crippen LogP contribution < -0.4 is 10.5 Å². The van der Waals surface area contributed by atoms with E-state index in [1.54, 1.807) is 10.9 Å². The molecule has 4 heteroatoms. The zero-order valence-corrected chi connectivity index (χ0v) is 7.74. The fourth-order valence-electron chi connectivity index (χ4n) is 0.896. The van der Waals surface area contributed by atoms with Crippen LogP contribution in [0.2, 0.25) is 0 Å². The Balaban J connectivity index is 2.77. The van der Waals surface area contributed by atoms with E-state index in [1.807, 2.05) is 20.8 Å². The predicted octanol–water partition coefficient (Wildman–Crippen LogP) is 1.27. The van der Waals surface area contributed by atoms with Gasteiger partial charge >= 0.3 is 0 Å². The van der Waals surface area contributed by atoms with Crippen LogP contribution in [0.1, 0.15) is 20.8 Å². The minimum absolute atomic E-state index is 0.118. The number of rotatable bonds is 3. The lowest BCUT2D eigenvalue weighted by molar-refractivity contribution is 0.231. The van der Waals surface area contributed by atoms with E-state index in [1.165, 1.54) is 0 Å². The van der Waals surface area contributed by atoms with Gasteiger partial charge in [0.1, 0.15) is 5.69 Å². The second kappa shape index (κ2) is 3.47. The van der Waals surface area contributed by atoms with Crippen molar-refractivity contribution in [2.24, 2.45) is 0 Å². The van der Waals surface area contributed by atoms with Gasteiger partial charge in [-0.25, -0.2) is 0 Å². The molecule has 0 amide bonds. The van der Waals surface area contributed by atoms with Crippen LogP contribution >= 0.6 is 0 Å². The second-order valence-corrected chi connectivity index (χ2v) is 2.91. The molecule has 0 bridgehead atoms. The lowest BCUT2D eigenvalue weighted by atomic mass is 10.5. The molecule has 2 N–H and O–H groups in total. The van der Waals surface area contributed by atoms with Gasteiger partial charge < -0.3 is 10.5 Å². The molecule has 1 aromatic heterocycles. The molecule has 0 fully saturated rings. The van der Waals surface area contributed by atoms with Gasteiger partial charge in [0.15, 0.2) is 0 Å². The Morgan fingerprint density at radius 3 is 2.75 bits per heavy atom. The minimum Gasteiger partial charge on any atom is -0.472 e. The molecule has 0 aromatic carbocycles. The van der Waals surface area contributed by atoms with Gasteiger partial charge in [-0.3, -0.25) is 4.68 Å². The minimum atomic E-state index is 0.118. The maximum absolute atomic E-state index is 5.66. The third-order valence-electron chi connectivity index (χ3n) is 1.43. The molecule has 0 aliphatic carbocycles. The Hall–Kier alpha value is -1.19. The van der Waals surface area contributed by atoms with Gasteiger partial charge in [-0.15, -0.1) is 5.10 Å². The van der Waals surface area contributed by atoms with E-state index in [4.69, 9.17) is 10.5 Å². The standard InChI is InChI=1S/C8H15N3O/c1-4-11-5-7(9)8(10-11)12-6(2)3/h5-6H,4,9H2,1-3H3. The molecule has 0 saturated heterocycles. The van der Waals surface area contributed by atoms with Gasteiger partial charge in [0, 0.05) is 6.54 Å². The molecule has 68 valence electrons.